The van der Waals surface area contributed by atoms with Gasteiger partial charge in [-0.25, -0.2) is 4.98 Å². The van der Waals surface area contributed by atoms with Crippen LogP contribution in [0.5, 0.6) is 5.75 Å². The van der Waals surface area contributed by atoms with Gasteiger partial charge >= 0.3 is 0 Å². The first kappa shape index (κ1) is 23.8. The highest BCUT2D eigenvalue weighted by Crippen LogP contribution is 2.17. The summed E-state index contributed by atoms with van der Waals surface area (Å²) >= 11 is 1.96. The Morgan fingerprint density at radius 1 is 1.21 bits per heavy atom. The third-order valence-corrected chi connectivity index (χ3v) is 5.22. The van der Waals surface area contributed by atoms with Crippen LogP contribution in [0.4, 0.5) is 11.6 Å². The molecule has 160 valence electrons. The van der Waals surface area contributed by atoms with Crippen molar-refractivity contribution < 1.29 is 9.84 Å². The van der Waals surface area contributed by atoms with E-state index < -0.39 is 0 Å². The van der Waals surface area contributed by atoms with E-state index in [1.165, 1.54) is 0 Å². The predicted octanol–water partition coefficient (Wildman–Crippen LogP) is 2.50. The number of anilines is 1. The van der Waals surface area contributed by atoms with Crippen LogP contribution in [-0.2, 0) is 11.8 Å². The zero-order valence-electron chi connectivity index (χ0n) is 16.6. The standard InChI is InChI=1S/C15H19N5OS.C4H9NO.HI/c1-19-7-6-16-14(19)18-15(20-8-10-22-11-9-20)17-12-2-4-13(21)5-3-12;1-3-6-4-2-5-1;/h2-7,21H,8-11H2,1H3,(H,16,17,18);5H,1-4H2;1H. The number of hydrogen-bond donors (Lipinski definition) is 3. The lowest BCUT2D eigenvalue weighted by Gasteiger charge is -2.29. The molecule has 8 nitrogen and oxygen atoms in total. The van der Waals surface area contributed by atoms with Crippen LogP contribution in [0.25, 0.3) is 0 Å². The Kier molecular flexibility index (Phi) is 10.6. The Labute approximate surface area is 193 Å². The van der Waals surface area contributed by atoms with Crippen molar-refractivity contribution >= 4 is 53.3 Å². The number of benzene rings is 1. The maximum Gasteiger partial charge on any atom is 0.232 e. The molecule has 0 bridgehead atoms. The van der Waals surface area contributed by atoms with Gasteiger partial charge in [0.15, 0.2) is 0 Å². The van der Waals surface area contributed by atoms with Crippen LogP contribution in [0.15, 0.2) is 41.7 Å². The fourth-order valence-electron chi connectivity index (χ4n) is 2.70. The van der Waals surface area contributed by atoms with Crippen LogP contribution >= 0.6 is 35.7 Å². The van der Waals surface area contributed by atoms with Crippen molar-refractivity contribution in [3.05, 3.63) is 36.7 Å². The number of ether oxygens (including phenoxy) is 1. The quantitative estimate of drug-likeness (QED) is 0.237. The van der Waals surface area contributed by atoms with Crippen molar-refractivity contribution in [2.45, 2.75) is 0 Å². The average Bonchev–Trinajstić information content (AvgIpc) is 3.16. The molecule has 29 heavy (non-hydrogen) atoms. The van der Waals surface area contributed by atoms with Crippen LogP contribution < -0.4 is 10.6 Å². The first-order valence-electron chi connectivity index (χ1n) is 9.45. The van der Waals surface area contributed by atoms with Crippen LogP contribution in [0.2, 0.25) is 0 Å². The average molecular weight is 532 g/mol. The van der Waals surface area contributed by atoms with Gasteiger partial charge in [0.25, 0.3) is 0 Å². The highest BCUT2D eigenvalue weighted by molar-refractivity contribution is 14.0. The van der Waals surface area contributed by atoms with Gasteiger partial charge in [-0.15, -0.1) is 24.0 Å². The van der Waals surface area contributed by atoms with Crippen molar-refractivity contribution in [2.24, 2.45) is 12.0 Å². The summed E-state index contributed by atoms with van der Waals surface area (Å²) in [5.74, 6) is 3.90. The molecule has 0 unspecified atom stereocenters. The van der Waals surface area contributed by atoms with Gasteiger partial charge in [-0.05, 0) is 24.3 Å². The number of phenols is 1. The minimum absolute atomic E-state index is 0. The topological polar surface area (TPSA) is 86.9 Å². The van der Waals surface area contributed by atoms with E-state index in [4.69, 9.17) is 4.74 Å². The molecule has 2 saturated heterocycles. The second-order valence-electron chi connectivity index (χ2n) is 6.41. The number of aromatic hydroxyl groups is 1. The molecule has 1 aromatic carbocycles. The van der Waals surface area contributed by atoms with Crippen molar-refractivity contribution in [3.63, 3.8) is 0 Å². The summed E-state index contributed by atoms with van der Waals surface area (Å²) in [5, 5.41) is 15.9. The van der Waals surface area contributed by atoms with E-state index in [1.54, 1.807) is 18.3 Å². The van der Waals surface area contributed by atoms with Crippen molar-refractivity contribution in [2.75, 3.05) is 56.2 Å². The van der Waals surface area contributed by atoms with Crippen LogP contribution in [0.1, 0.15) is 0 Å². The predicted molar refractivity (Wildman–Crippen MR) is 130 cm³/mol. The minimum atomic E-state index is 0. The van der Waals surface area contributed by atoms with Crippen molar-refractivity contribution in [1.82, 2.24) is 19.8 Å². The molecular formula is C19H29IN6O2S. The van der Waals surface area contributed by atoms with E-state index in [9.17, 15) is 5.11 Å². The summed E-state index contributed by atoms with van der Waals surface area (Å²) in [6, 6.07) is 6.99. The van der Waals surface area contributed by atoms with Gasteiger partial charge in [-0.3, -0.25) is 0 Å². The number of imidazole rings is 1. The normalized spacial score (nSPS) is 17.0. The number of aryl methyl sites for hydroxylation is 1. The number of rotatable bonds is 2. The van der Waals surface area contributed by atoms with Crippen molar-refractivity contribution in [1.29, 1.82) is 0 Å². The van der Waals surface area contributed by atoms with E-state index in [0.717, 1.165) is 62.5 Å². The molecule has 0 radical (unpaired) electrons. The molecule has 2 aliphatic heterocycles. The summed E-state index contributed by atoms with van der Waals surface area (Å²) in [4.78, 5) is 11.2. The van der Waals surface area contributed by atoms with E-state index in [2.05, 4.69) is 25.5 Å². The van der Waals surface area contributed by atoms with Crippen molar-refractivity contribution in [3.8, 4) is 5.75 Å². The number of aromatic nitrogens is 2. The zero-order valence-corrected chi connectivity index (χ0v) is 19.7. The molecule has 0 spiro atoms. The molecule has 3 N–H and O–H groups in total. The maximum atomic E-state index is 9.40. The number of morpholine rings is 1. The van der Waals surface area contributed by atoms with Gasteiger partial charge in [-0.2, -0.15) is 16.8 Å². The van der Waals surface area contributed by atoms with E-state index in [0.29, 0.717) is 5.95 Å². The number of nitrogens with zero attached hydrogens (tertiary/aromatic N) is 4. The molecule has 0 aliphatic carbocycles. The first-order valence-corrected chi connectivity index (χ1v) is 10.6. The third kappa shape index (κ3) is 8.03. The Morgan fingerprint density at radius 2 is 1.90 bits per heavy atom. The highest BCUT2D eigenvalue weighted by Gasteiger charge is 2.16. The number of thioether (sulfide) groups is 1. The zero-order chi connectivity index (χ0) is 19.6. The molecule has 4 rings (SSSR count). The SMILES string of the molecule is C1COCCN1.Cn1ccnc1N=C(Nc1ccc(O)cc1)N1CCSCC1.I. The largest absolute Gasteiger partial charge is 0.508 e. The second kappa shape index (κ2) is 12.9. The summed E-state index contributed by atoms with van der Waals surface area (Å²) in [6.07, 6.45) is 3.62. The number of nitrogens with one attached hydrogen (secondary N) is 2. The molecule has 0 saturated carbocycles. The number of halogens is 1. The monoisotopic (exact) mass is 532 g/mol. The molecule has 2 fully saturated rings. The summed E-state index contributed by atoms with van der Waals surface area (Å²) in [6.45, 7) is 5.75. The molecular weight excluding hydrogens is 503 g/mol. The molecule has 3 heterocycles. The summed E-state index contributed by atoms with van der Waals surface area (Å²) < 4.78 is 6.89. The second-order valence-corrected chi connectivity index (χ2v) is 7.63. The molecule has 0 amide bonds. The lowest BCUT2D eigenvalue weighted by Crippen LogP contribution is -2.41. The molecule has 2 aromatic rings. The molecule has 10 heteroatoms. The van der Waals surface area contributed by atoms with Crippen LogP contribution in [-0.4, -0.2) is 76.4 Å². The fourth-order valence-corrected chi connectivity index (χ4v) is 3.61. The van der Waals surface area contributed by atoms with Gasteiger partial charge in [0.1, 0.15) is 5.75 Å². The summed E-state index contributed by atoms with van der Waals surface area (Å²) in [5.41, 5.74) is 0.893. The van der Waals surface area contributed by atoms with Crippen LogP contribution in [0.3, 0.4) is 0 Å². The number of hydrogen-bond acceptors (Lipinski definition) is 6. The van der Waals surface area contributed by atoms with E-state index in [-0.39, 0.29) is 29.7 Å². The Balaban J connectivity index is 0.000000369. The molecule has 2 aliphatic rings. The van der Waals surface area contributed by atoms with Gasteiger partial charge in [0.2, 0.25) is 11.9 Å². The molecule has 1 aromatic heterocycles. The Morgan fingerprint density at radius 3 is 2.41 bits per heavy atom. The Hall–Kier alpha value is -1.50. The summed E-state index contributed by atoms with van der Waals surface area (Å²) in [7, 11) is 1.93. The van der Waals surface area contributed by atoms with Gasteiger partial charge in [0, 0.05) is 62.8 Å². The molecule has 0 atom stereocenters. The van der Waals surface area contributed by atoms with Gasteiger partial charge < -0.3 is 29.9 Å². The van der Waals surface area contributed by atoms with E-state index >= 15 is 0 Å². The van der Waals surface area contributed by atoms with E-state index in [1.807, 2.05) is 41.7 Å². The smallest absolute Gasteiger partial charge is 0.232 e. The lowest BCUT2D eigenvalue weighted by atomic mass is 10.3. The lowest BCUT2D eigenvalue weighted by molar-refractivity contribution is 0.109. The minimum Gasteiger partial charge on any atom is -0.508 e. The first-order chi connectivity index (χ1) is 13.7. The maximum absolute atomic E-state index is 9.40. The number of phenolic OH excluding ortho intramolecular Hbond substituents is 1. The van der Waals surface area contributed by atoms with Crippen LogP contribution in [0, 0.1) is 0 Å². The fraction of sp³-hybridized carbons (Fsp3) is 0.474. The number of guanidine groups is 1. The van der Waals surface area contributed by atoms with Gasteiger partial charge in [0.05, 0.1) is 13.2 Å². The van der Waals surface area contributed by atoms with Gasteiger partial charge in [-0.1, -0.05) is 0 Å². The third-order valence-electron chi connectivity index (χ3n) is 4.28. The Bertz CT molecular complexity index is 734. The highest BCUT2D eigenvalue weighted by atomic mass is 127. The number of aliphatic imine (C=N–C) groups is 1.